The molecule has 0 saturated heterocycles. The van der Waals surface area contributed by atoms with Crippen LogP contribution in [0, 0.1) is 5.82 Å². The quantitative estimate of drug-likeness (QED) is 0.924. The first-order chi connectivity index (χ1) is 8.56. The Kier molecular flexibility index (Phi) is 3.57. The Hall–Kier alpha value is -1.95. The molecule has 1 heterocycles. The highest BCUT2D eigenvalue weighted by Crippen LogP contribution is 2.18. The number of aliphatic carboxylic acids is 1. The van der Waals surface area contributed by atoms with Crippen LogP contribution in [0.3, 0.4) is 0 Å². The largest absolute Gasteiger partial charge is 0.481 e. The lowest BCUT2D eigenvalue weighted by atomic mass is 10.1. The third-order valence-electron chi connectivity index (χ3n) is 2.34. The Balaban J connectivity index is 2.37. The van der Waals surface area contributed by atoms with Gasteiger partial charge in [0.2, 0.25) is 0 Å². The first-order valence-electron chi connectivity index (χ1n) is 5.21. The molecule has 94 valence electrons. The number of nitrogens with zero attached hydrogens (tertiary/aromatic N) is 2. The van der Waals surface area contributed by atoms with Gasteiger partial charge in [-0.1, -0.05) is 6.07 Å². The Morgan fingerprint density at radius 1 is 1.56 bits per heavy atom. The van der Waals surface area contributed by atoms with Crippen LogP contribution < -0.4 is 4.80 Å². The van der Waals surface area contributed by atoms with Gasteiger partial charge in [-0.15, -0.1) is 11.3 Å². The van der Waals surface area contributed by atoms with Gasteiger partial charge >= 0.3 is 5.97 Å². The van der Waals surface area contributed by atoms with E-state index < -0.39 is 11.8 Å². The fraction of sp³-hybridized carbons (Fsp3) is 0.167. The van der Waals surface area contributed by atoms with Crippen LogP contribution in [0.4, 0.5) is 10.1 Å². The monoisotopic (exact) mass is 266 g/mol. The molecule has 2 aromatic rings. The third-order valence-corrected chi connectivity index (χ3v) is 3.19. The second-order valence-electron chi connectivity index (χ2n) is 3.76. The van der Waals surface area contributed by atoms with Crippen molar-refractivity contribution in [3.05, 3.63) is 46.0 Å². The number of carbonyl (C=O) groups is 1. The number of benzene rings is 1. The van der Waals surface area contributed by atoms with Gasteiger partial charge in [-0.3, -0.25) is 4.79 Å². The maximum atomic E-state index is 13.7. The smallest absolute Gasteiger partial charge is 0.307 e. The molecule has 0 unspecified atom stereocenters. The summed E-state index contributed by atoms with van der Waals surface area (Å²) in [5, 5.41) is 10.5. The Labute approximate surface area is 107 Å². The van der Waals surface area contributed by atoms with Crippen molar-refractivity contribution in [2.75, 3.05) is 0 Å². The van der Waals surface area contributed by atoms with Crippen LogP contribution in [0.2, 0.25) is 0 Å². The summed E-state index contributed by atoms with van der Waals surface area (Å²) in [6.45, 7) is 0. The molecule has 0 radical (unpaired) electrons. The van der Waals surface area contributed by atoms with Crippen LogP contribution in [0.15, 0.2) is 34.8 Å². The van der Waals surface area contributed by atoms with Crippen LogP contribution in [0.25, 0.3) is 0 Å². The molecule has 0 aliphatic carbocycles. The number of thiazole rings is 1. The molecule has 0 saturated carbocycles. The van der Waals surface area contributed by atoms with Gasteiger partial charge in [-0.25, -0.2) is 9.38 Å². The van der Waals surface area contributed by atoms with Crippen LogP contribution in [-0.4, -0.2) is 15.6 Å². The van der Waals surface area contributed by atoms with E-state index in [4.69, 9.17) is 5.11 Å². The highest BCUT2D eigenvalue weighted by atomic mass is 32.1. The van der Waals surface area contributed by atoms with Crippen molar-refractivity contribution in [3.8, 4) is 0 Å². The molecule has 1 aromatic heterocycles. The maximum absolute atomic E-state index is 13.7. The molecular formula is C12H11FN2O2S. The van der Waals surface area contributed by atoms with E-state index in [1.165, 1.54) is 23.5 Å². The molecule has 1 N–H and O–H groups in total. The van der Waals surface area contributed by atoms with Crippen molar-refractivity contribution in [3.63, 3.8) is 0 Å². The molecule has 1 aromatic carbocycles. The number of rotatable bonds is 3. The Morgan fingerprint density at radius 3 is 2.89 bits per heavy atom. The van der Waals surface area contributed by atoms with E-state index in [0.29, 0.717) is 10.4 Å². The minimum Gasteiger partial charge on any atom is -0.481 e. The van der Waals surface area contributed by atoms with E-state index in [9.17, 15) is 9.18 Å². The number of halogens is 1. The second-order valence-corrected chi connectivity index (χ2v) is 4.64. The van der Waals surface area contributed by atoms with Gasteiger partial charge in [0.15, 0.2) is 4.80 Å². The number of aromatic nitrogens is 1. The minimum absolute atomic E-state index is 0.190. The summed E-state index contributed by atoms with van der Waals surface area (Å²) in [6.07, 6.45) is 1.64. The van der Waals surface area contributed by atoms with Gasteiger partial charge in [0.25, 0.3) is 0 Å². The summed E-state index contributed by atoms with van der Waals surface area (Å²) in [4.78, 5) is 15.4. The Bertz CT molecular complexity index is 646. The topological polar surface area (TPSA) is 54.6 Å². The highest BCUT2D eigenvalue weighted by molar-refractivity contribution is 7.07. The standard InChI is InChI=1S/C12H11FN2O2S/c1-15-4-5-18-12(15)14-10-3-2-8(6-9(10)13)7-11(16)17/h2-6H,7H2,1H3,(H,16,17). The van der Waals surface area contributed by atoms with Crippen LogP contribution >= 0.6 is 11.3 Å². The zero-order valence-corrected chi connectivity index (χ0v) is 10.4. The molecule has 0 spiro atoms. The van der Waals surface area contributed by atoms with Crippen molar-refractivity contribution in [2.24, 2.45) is 12.0 Å². The van der Waals surface area contributed by atoms with Crippen LogP contribution in [0.5, 0.6) is 0 Å². The average molecular weight is 266 g/mol. The molecule has 18 heavy (non-hydrogen) atoms. The summed E-state index contributed by atoms with van der Waals surface area (Å²) in [6, 6.07) is 4.28. The lowest BCUT2D eigenvalue weighted by Crippen LogP contribution is -2.08. The van der Waals surface area contributed by atoms with E-state index in [0.717, 1.165) is 0 Å². The molecule has 0 fully saturated rings. The molecule has 4 nitrogen and oxygen atoms in total. The summed E-state index contributed by atoms with van der Waals surface area (Å²) < 4.78 is 15.5. The molecule has 6 heteroatoms. The van der Waals surface area contributed by atoms with Gasteiger partial charge in [0, 0.05) is 18.6 Å². The molecule has 0 atom stereocenters. The third kappa shape index (κ3) is 2.84. The minimum atomic E-state index is -0.983. The zero-order valence-electron chi connectivity index (χ0n) is 9.63. The van der Waals surface area contributed by atoms with Crippen molar-refractivity contribution >= 4 is 23.0 Å². The van der Waals surface area contributed by atoms with Gasteiger partial charge < -0.3 is 9.67 Å². The van der Waals surface area contributed by atoms with E-state index in [2.05, 4.69) is 4.99 Å². The number of carboxylic acid groups (broad SMARTS) is 1. The van der Waals surface area contributed by atoms with Gasteiger partial charge in [-0.05, 0) is 17.7 Å². The predicted molar refractivity (Wildman–Crippen MR) is 66.3 cm³/mol. The number of hydrogen-bond acceptors (Lipinski definition) is 3. The fourth-order valence-corrected chi connectivity index (χ4v) is 2.21. The summed E-state index contributed by atoms with van der Waals surface area (Å²) >= 11 is 1.40. The van der Waals surface area contributed by atoms with E-state index >= 15 is 0 Å². The van der Waals surface area contributed by atoms with Crippen LogP contribution in [0.1, 0.15) is 5.56 Å². The molecule has 0 aliphatic rings. The highest BCUT2D eigenvalue weighted by Gasteiger charge is 2.06. The summed E-state index contributed by atoms with van der Waals surface area (Å²) in [5.41, 5.74) is 0.636. The molecule has 0 bridgehead atoms. The zero-order chi connectivity index (χ0) is 13.1. The predicted octanol–water partition coefficient (Wildman–Crippen LogP) is 2.09. The maximum Gasteiger partial charge on any atom is 0.307 e. The Morgan fingerprint density at radius 2 is 2.33 bits per heavy atom. The lowest BCUT2D eigenvalue weighted by Gasteiger charge is -2.00. The number of aryl methyl sites for hydroxylation is 1. The van der Waals surface area contributed by atoms with Gasteiger partial charge in [0.05, 0.1) is 6.42 Å². The van der Waals surface area contributed by atoms with Crippen molar-refractivity contribution in [2.45, 2.75) is 6.42 Å². The van der Waals surface area contributed by atoms with E-state index in [1.54, 1.807) is 10.6 Å². The molecular weight excluding hydrogens is 255 g/mol. The van der Waals surface area contributed by atoms with E-state index in [1.807, 2.05) is 18.6 Å². The normalized spacial score (nSPS) is 11.8. The molecule has 0 amide bonds. The fourth-order valence-electron chi connectivity index (χ4n) is 1.46. The van der Waals surface area contributed by atoms with Crippen molar-refractivity contribution in [1.29, 1.82) is 0 Å². The first-order valence-corrected chi connectivity index (χ1v) is 6.09. The summed E-state index contributed by atoms with van der Waals surface area (Å²) in [5.74, 6) is -1.49. The molecule has 0 aliphatic heterocycles. The van der Waals surface area contributed by atoms with Crippen LogP contribution in [-0.2, 0) is 18.3 Å². The van der Waals surface area contributed by atoms with Crippen molar-refractivity contribution in [1.82, 2.24) is 4.57 Å². The van der Waals surface area contributed by atoms with Crippen molar-refractivity contribution < 1.29 is 14.3 Å². The lowest BCUT2D eigenvalue weighted by molar-refractivity contribution is -0.136. The average Bonchev–Trinajstić information content (AvgIpc) is 2.67. The number of carboxylic acids is 1. The number of hydrogen-bond donors (Lipinski definition) is 1. The summed E-state index contributed by atoms with van der Waals surface area (Å²) in [7, 11) is 1.83. The second kappa shape index (κ2) is 5.14. The van der Waals surface area contributed by atoms with E-state index in [-0.39, 0.29) is 12.1 Å². The van der Waals surface area contributed by atoms with Gasteiger partial charge in [-0.2, -0.15) is 0 Å². The SMILES string of the molecule is Cn1ccsc1=Nc1ccc(CC(=O)O)cc1F. The molecule has 2 rings (SSSR count). The first kappa shape index (κ1) is 12.5. The van der Waals surface area contributed by atoms with Gasteiger partial charge in [0.1, 0.15) is 11.5 Å².